The lowest BCUT2D eigenvalue weighted by Gasteiger charge is -2.18. The van der Waals surface area contributed by atoms with E-state index >= 15 is 0 Å². The van der Waals surface area contributed by atoms with Crippen molar-refractivity contribution in [2.45, 2.75) is 6.61 Å². The SMILES string of the molecule is COc1cc2c(OC)c3c(c(-c4ccc5c(c4)OCO5)c2cc1OC)COC3=O. The average Bonchev–Trinajstić information content (AvgIpc) is 3.37. The summed E-state index contributed by atoms with van der Waals surface area (Å²) in [7, 11) is 4.69. The molecule has 0 bridgehead atoms. The summed E-state index contributed by atoms with van der Waals surface area (Å²) >= 11 is 0. The normalized spacial score (nSPS) is 14.0. The molecule has 29 heavy (non-hydrogen) atoms. The second-order valence-electron chi connectivity index (χ2n) is 6.66. The van der Waals surface area contributed by atoms with Gasteiger partial charge in [-0.05, 0) is 40.8 Å². The first kappa shape index (κ1) is 17.5. The number of ether oxygens (including phenoxy) is 6. The number of carbonyl (C=O) groups excluding carboxylic acids is 1. The number of benzene rings is 3. The van der Waals surface area contributed by atoms with Crippen LogP contribution in [0.15, 0.2) is 30.3 Å². The van der Waals surface area contributed by atoms with Crippen molar-refractivity contribution >= 4 is 16.7 Å². The van der Waals surface area contributed by atoms with Crippen molar-refractivity contribution in [2.75, 3.05) is 28.1 Å². The molecule has 2 heterocycles. The van der Waals surface area contributed by atoms with E-state index in [0.29, 0.717) is 34.3 Å². The van der Waals surface area contributed by atoms with E-state index < -0.39 is 5.97 Å². The van der Waals surface area contributed by atoms with Crippen LogP contribution >= 0.6 is 0 Å². The largest absolute Gasteiger partial charge is 0.495 e. The van der Waals surface area contributed by atoms with Crippen LogP contribution in [0.5, 0.6) is 28.7 Å². The summed E-state index contributed by atoms with van der Waals surface area (Å²) in [5.41, 5.74) is 2.94. The van der Waals surface area contributed by atoms with Crippen LogP contribution in [0.2, 0.25) is 0 Å². The van der Waals surface area contributed by atoms with Gasteiger partial charge in [0.05, 0.1) is 21.3 Å². The lowest BCUT2D eigenvalue weighted by atomic mass is 9.89. The molecule has 0 amide bonds. The zero-order valence-corrected chi connectivity index (χ0v) is 16.2. The molecule has 0 N–H and O–H groups in total. The Labute approximate surface area is 166 Å². The number of fused-ring (bicyclic) bond motifs is 3. The molecule has 0 atom stereocenters. The van der Waals surface area contributed by atoms with Crippen LogP contribution in [0.1, 0.15) is 15.9 Å². The molecular formula is C22H18O7. The Morgan fingerprint density at radius 3 is 2.24 bits per heavy atom. The molecular weight excluding hydrogens is 376 g/mol. The van der Waals surface area contributed by atoms with Gasteiger partial charge in [0.15, 0.2) is 23.0 Å². The summed E-state index contributed by atoms with van der Waals surface area (Å²) in [6, 6.07) is 9.41. The van der Waals surface area contributed by atoms with Gasteiger partial charge < -0.3 is 28.4 Å². The highest BCUT2D eigenvalue weighted by Gasteiger charge is 2.33. The third-order valence-corrected chi connectivity index (χ3v) is 5.29. The van der Waals surface area contributed by atoms with Crippen LogP contribution in [0.25, 0.3) is 21.9 Å². The number of rotatable bonds is 4. The van der Waals surface area contributed by atoms with Crippen LogP contribution in [0, 0.1) is 0 Å². The number of carbonyl (C=O) groups is 1. The Hall–Kier alpha value is -3.61. The summed E-state index contributed by atoms with van der Waals surface area (Å²) in [5.74, 6) is 2.52. The Kier molecular flexibility index (Phi) is 3.91. The highest BCUT2D eigenvalue weighted by atomic mass is 16.7. The minimum absolute atomic E-state index is 0.165. The summed E-state index contributed by atoms with van der Waals surface area (Å²) in [5, 5.41) is 1.59. The van der Waals surface area contributed by atoms with E-state index in [1.54, 1.807) is 14.2 Å². The van der Waals surface area contributed by atoms with Crippen molar-refractivity contribution in [1.82, 2.24) is 0 Å². The Balaban J connectivity index is 1.91. The number of esters is 1. The van der Waals surface area contributed by atoms with Crippen LogP contribution < -0.4 is 23.7 Å². The van der Waals surface area contributed by atoms with Crippen LogP contribution in [-0.4, -0.2) is 34.1 Å². The lowest BCUT2D eigenvalue weighted by Crippen LogP contribution is -2.02. The number of hydrogen-bond donors (Lipinski definition) is 0. The van der Waals surface area contributed by atoms with Gasteiger partial charge in [0.2, 0.25) is 6.79 Å². The average molecular weight is 394 g/mol. The lowest BCUT2D eigenvalue weighted by molar-refractivity contribution is 0.0533. The van der Waals surface area contributed by atoms with Crippen molar-refractivity contribution in [2.24, 2.45) is 0 Å². The smallest absolute Gasteiger partial charge is 0.342 e. The Morgan fingerprint density at radius 1 is 0.793 bits per heavy atom. The molecule has 2 aliphatic heterocycles. The maximum Gasteiger partial charge on any atom is 0.342 e. The van der Waals surface area contributed by atoms with Gasteiger partial charge in [-0.2, -0.15) is 0 Å². The molecule has 0 saturated heterocycles. The molecule has 0 aromatic heterocycles. The van der Waals surface area contributed by atoms with Gasteiger partial charge in [0.25, 0.3) is 0 Å². The van der Waals surface area contributed by atoms with E-state index in [1.807, 2.05) is 30.3 Å². The second-order valence-corrected chi connectivity index (χ2v) is 6.66. The van der Waals surface area contributed by atoms with Crippen molar-refractivity contribution in [3.8, 4) is 39.9 Å². The van der Waals surface area contributed by atoms with Crippen molar-refractivity contribution in [3.63, 3.8) is 0 Å². The van der Waals surface area contributed by atoms with E-state index in [0.717, 1.165) is 27.5 Å². The Morgan fingerprint density at radius 2 is 1.52 bits per heavy atom. The quantitative estimate of drug-likeness (QED) is 0.621. The zero-order chi connectivity index (χ0) is 20.1. The van der Waals surface area contributed by atoms with Crippen LogP contribution in [0.3, 0.4) is 0 Å². The highest BCUT2D eigenvalue weighted by Crippen LogP contribution is 2.49. The fourth-order valence-electron chi connectivity index (χ4n) is 4.00. The molecule has 7 heteroatoms. The molecule has 3 aromatic carbocycles. The molecule has 2 aliphatic rings. The van der Waals surface area contributed by atoms with Crippen molar-refractivity contribution in [1.29, 1.82) is 0 Å². The molecule has 0 unspecified atom stereocenters. The first-order valence-electron chi connectivity index (χ1n) is 9.02. The summed E-state index contributed by atoms with van der Waals surface area (Å²) in [6.45, 7) is 0.353. The predicted octanol–water partition coefficient (Wildman–Crippen LogP) is 3.93. The first-order chi connectivity index (χ1) is 14.2. The highest BCUT2D eigenvalue weighted by molar-refractivity contribution is 6.12. The third-order valence-electron chi connectivity index (χ3n) is 5.29. The molecule has 7 nitrogen and oxygen atoms in total. The van der Waals surface area contributed by atoms with Crippen LogP contribution in [0.4, 0.5) is 0 Å². The van der Waals surface area contributed by atoms with Gasteiger partial charge in [-0.15, -0.1) is 0 Å². The van der Waals surface area contributed by atoms with Gasteiger partial charge in [-0.1, -0.05) is 6.07 Å². The first-order valence-corrected chi connectivity index (χ1v) is 9.02. The van der Waals surface area contributed by atoms with Gasteiger partial charge in [0, 0.05) is 10.9 Å². The molecule has 3 aromatic rings. The van der Waals surface area contributed by atoms with Gasteiger partial charge in [0.1, 0.15) is 17.9 Å². The molecule has 5 rings (SSSR count). The number of cyclic esters (lactones) is 1. The molecule has 148 valence electrons. The fraction of sp³-hybridized carbons (Fsp3) is 0.227. The van der Waals surface area contributed by atoms with E-state index in [4.69, 9.17) is 28.4 Å². The van der Waals surface area contributed by atoms with Crippen molar-refractivity contribution in [3.05, 3.63) is 41.5 Å². The molecule has 0 fully saturated rings. The van der Waals surface area contributed by atoms with Gasteiger partial charge >= 0.3 is 5.97 Å². The number of hydrogen-bond acceptors (Lipinski definition) is 7. The van der Waals surface area contributed by atoms with Crippen molar-refractivity contribution < 1.29 is 33.2 Å². The van der Waals surface area contributed by atoms with E-state index in [2.05, 4.69) is 0 Å². The molecule has 0 radical (unpaired) electrons. The minimum atomic E-state index is -0.407. The zero-order valence-electron chi connectivity index (χ0n) is 16.2. The minimum Gasteiger partial charge on any atom is -0.495 e. The Bertz CT molecular complexity index is 1170. The maximum absolute atomic E-state index is 12.5. The monoisotopic (exact) mass is 394 g/mol. The summed E-state index contributed by atoms with van der Waals surface area (Å²) in [6.07, 6.45) is 0. The predicted molar refractivity (Wildman–Crippen MR) is 104 cm³/mol. The molecule has 0 saturated carbocycles. The number of methoxy groups -OCH3 is 3. The van der Waals surface area contributed by atoms with Gasteiger partial charge in [-0.25, -0.2) is 4.79 Å². The fourth-order valence-corrected chi connectivity index (χ4v) is 4.00. The molecule has 0 spiro atoms. The van der Waals surface area contributed by atoms with Crippen LogP contribution in [-0.2, 0) is 11.3 Å². The maximum atomic E-state index is 12.5. The summed E-state index contributed by atoms with van der Waals surface area (Å²) < 4.78 is 33.0. The summed E-state index contributed by atoms with van der Waals surface area (Å²) in [4.78, 5) is 12.5. The third kappa shape index (κ3) is 2.47. The van der Waals surface area contributed by atoms with E-state index in [1.165, 1.54) is 7.11 Å². The molecule has 0 aliphatic carbocycles. The van der Waals surface area contributed by atoms with E-state index in [9.17, 15) is 4.79 Å². The van der Waals surface area contributed by atoms with Gasteiger partial charge in [-0.3, -0.25) is 0 Å². The second kappa shape index (κ2) is 6.48. The topological polar surface area (TPSA) is 72.5 Å². The van der Waals surface area contributed by atoms with E-state index in [-0.39, 0.29) is 13.4 Å². The standard InChI is InChI=1S/C22H18O7/c1-24-16-7-12-13(8-17(16)25-2)21(26-3)20-14(9-27-22(20)23)19(12)11-4-5-15-18(6-11)29-10-28-15/h4-8H,9-10H2,1-3H3.